The molecule has 0 atom stereocenters. The van der Waals surface area contributed by atoms with Crippen molar-refractivity contribution in [3.05, 3.63) is 24.3 Å². The van der Waals surface area contributed by atoms with Gasteiger partial charge in [0.15, 0.2) is 11.5 Å². The molecule has 0 aromatic heterocycles. The smallest absolute Gasteiger partial charge is 0.487 e. The summed E-state index contributed by atoms with van der Waals surface area (Å²) in [5.74, 6) is -0.497. The lowest BCUT2D eigenvalue weighted by Crippen LogP contribution is -2.18. The molecule has 0 saturated heterocycles. The van der Waals surface area contributed by atoms with Crippen molar-refractivity contribution >= 4 is 0 Å². The largest absolute Gasteiger partial charge is 0.573 e. The number of hydrogen-bond donors (Lipinski definition) is 0. The van der Waals surface area contributed by atoms with E-state index >= 15 is 0 Å². The number of methoxy groups -OCH3 is 1. The Kier molecular flexibility index (Phi) is 4.42. The predicted molar refractivity (Wildman–Crippen MR) is 49.3 cm³/mol. The molecule has 0 aliphatic rings. The Morgan fingerprint density at radius 2 is 2.06 bits per heavy atom. The Balaban J connectivity index is 2.68. The molecule has 3 nitrogen and oxygen atoms in total. The topological polar surface area (TPSA) is 27.7 Å². The summed E-state index contributed by atoms with van der Waals surface area (Å²) in [6, 6.07) is 6.50. The molecule has 0 fully saturated rings. The normalized spacial score (nSPS) is 11.2. The molecular formula is C10H10F3O3. The Labute approximate surface area is 90.7 Å². The van der Waals surface area contributed by atoms with Gasteiger partial charge in [0.1, 0.15) is 6.61 Å². The summed E-state index contributed by atoms with van der Waals surface area (Å²) >= 11 is 0. The lowest BCUT2D eigenvalue weighted by atomic mass is 10.3. The van der Waals surface area contributed by atoms with Gasteiger partial charge in [-0.3, -0.25) is 0 Å². The van der Waals surface area contributed by atoms with Crippen LogP contribution >= 0.6 is 0 Å². The molecule has 0 unspecified atom stereocenters. The number of ether oxygens (including phenoxy) is 3. The molecule has 0 amide bonds. The fraction of sp³-hybridized carbons (Fsp3) is 0.400. The van der Waals surface area contributed by atoms with E-state index in [0.717, 1.165) is 0 Å². The predicted octanol–water partition coefficient (Wildman–Crippen LogP) is 2.41. The van der Waals surface area contributed by atoms with E-state index in [1.807, 2.05) is 0 Å². The van der Waals surface area contributed by atoms with Crippen molar-refractivity contribution in [3.8, 4) is 11.5 Å². The van der Waals surface area contributed by atoms with Crippen molar-refractivity contribution in [2.75, 3.05) is 20.3 Å². The summed E-state index contributed by atoms with van der Waals surface area (Å²) in [6.45, 7) is 0.420. The number of alkyl halides is 3. The van der Waals surface area contributed by atoms with Crippen LogP contribution in [0.5, 0.6) is 11.5 Å². The zero-order valence-electron chi connectivity index (χ0n) is 8.50. The average molecular weight is 235 g/mol. The van der Waals surface area contributed by atoms with Crippen LogP contribution in [0.25, 0.3) is 0 Å². The summed E-state index contributed by atoms with van der Waals surface area (Å²) < 4.78 is 49.5. The van der Waals surface area contributed by atoms with E-state index in [2.05, 4.69) is 10.8 Å². The first-order valence-electron chi connectivity index (χ1n) is 4.41. The zero-order chi connectivity index (χ0) is 12.0. The average Bonchev–Trinajstić information content (AvgIpc) is 2.19. The maximum Gasteiger partial charge on any atom is 0.573 e. The molecule has 1 aromatic carbocycles. The Hall–Kier alpha value is -1.43. The second-order valence-corrected chi connectivity index (χ2v) is 2.75. The summed E-state index contributed by atoms with van der Waals surface area (Å²) in [4.78, 5) is 0. The van der Waals surface area contributed by atoms with Crippen molar-refractivity contribution in [1.82, 2.24) is 0 Å². The van der Waals surface area contributed by atoms with Crippen molar-refractivity contribution < 1.29 is 27.4 Å². The maximum atomic E-state index is 12.0. The summed E-state index contributed by atoms with van der Waals surface area (Å²) in [5.41, 5.74) is 0. The van der Waals surface area contributed by atoms with E-state index in [1.54, 1.807) is 0 Å². The van der Waals surface area contributed by atoms with Crippen LogP contribution in [0.3, 0.4) is 0 Å². The van der Waals surface area contributed by atoms with Gasteiger partial charge < -0.3 is 14.2 Å². The first-order chi connectivity index (χ1) is 7.53. The van der Waals surface area contributed by atoms with Crippen LogP contribution < -0.4 is 9.47 Å². The highest BCUT2D eigenvalue weighted by atomic mass is 19.4. The number of para-hydroxylation sites is 1. The highest BCUT2D eigenvalue weighted by Gasteiger charge is 2.32. The van der Waals surface area contributed by atoms with Crippen molar-refractivity contribution in [2.45, 2.75) is 6.36 Å². The van der Waals surface area contributed by atoms with E-state index < -0.39 is 12.1 Å². The molecule has 0 heterocycles. The van der Waals surface area contributed by atoms with Crippen LogP contribution in [0.1, 0.15) is 0 Å². The number of rotatable bonds is 5. The van der Waals surface area contributed by atoms with Gasteiger partial charge in [0.25, 0.3) is 0 Å². The van der Waals surface area contributed by atoms with Gasteiger partial charge in [0.05, 0.1) is 6.61 Å². The third-order valence-electron chi connectivity index (χ3n) is 1.54. The highest BCUT2D eigenvalue weighted by molar-refractivity contribution is 5.38. The lowest BCUT2D eigenvalue weighted by Gasteiger charge is -2.13. The van der Waals surface area contributed by atoms with Crippen LogP contribution in [0.15, 0.2) is 18.2 Å². The first-order valence-corrected chi connectivity index (χ1v) is 4.41. The van der Waals surface area contributed by atoms with Crippen molar-refractivity contribution in [2.24, 2.45) is 0 Å². The molecule has 6 heteroatoms. The molecule has 0 saturated carbocycles. The minimum Gasteiger partial charge on any atom is -0.487 e. The fourth-order valence-electron chi connectivity index (χ4n) is 0.950. The minimum atomic E-state index is -4.75. The molecule has 89 valence electrons. The molecule has 0 bridgehead atoms. The fourth-order valence-corrected chi connectivity index (χ4v) is 0.950. The molecule has 0 aliphatic heterocycles. The summed E-state index contributed by atoms with van der Waals surface area (Å²) in [7, 11) is 1.47. The molecule has 1 radical (unpaired) electrons. The first kappa shape index (κ1) is 12.6. The Morgan fingerprint density at radius 3 is 2.69 bits per heavy atom. The monoisotopic (exact) mass is 235 g/mol. The van der Waals surface area contributed by atoms with E-state index in [9.17, 15) is 13.2 Å². The van der Waals surface area contributed by atoms with Gasteiger partial charge in [-0.25, -0.2) is 0 Å². The Bertz CT molecular complexity index is 325. The van der Waals surface area contributed by atoms with Gasteiger partial charge in [0.2, 0.25) is 0 Å². The zero-order valence-corrected chi connectivity index (χ0v) is 8.50. The van der Waals surface area contributed by atoms with E-state index in [1.165, 1.54) is 25.3 Å². The molecule has 16 heavy (non-hydrogen) atoms. The molecule has 0 N–H and O–H groups in total. The molecule has 1 rings (SSSR count). The molecular weight excluding hydrogens is 225 g/mol. The summed E-state index contributed by atoms with van der Waals surface area (Å²) in [6.07, 6.45) is -4.75. The second-order valence-electron chi connectivity index (χ2n) is 2.75. The molecule has 1 aromatic rings. The Morgan fingerprint density at radius 1 is 1.31 bits per heavy atom. The van der Waals surface area contributed by atoms with Crippen LogP contribution in [0.4, 0.5) is 13.2 Å². The SMILES string of the molecule is COCCOc1ccc[c]c1OC(F)(F)F. The van der Waals surface area contributed by atoms with Gasteiger partial charge in [-0.05, 0) is 6.07 Å². The van der Waals surface area contributed by atoms with Crippen LogP contribution in [-0.2, 0) is 4.74 Å². The number of halogens is 3. The third kappa shape index (κ3) is 4.39. The maximum absolute atomic E-state index is 12.0. The number of hydrogen-bond acceptors (Lipinski definition) is 3. The number of benzene rings is 1. The van der Waals surface area contributed by atoms with Crippen LogP contribution in [0.2, 0.25) is 0 Å². The second kappa shape index (κ2) is 5.60. The van der Waals surface area contributed by atoms with E-state index in [4.69, 9.17) is 9.47 Å². The van der Waals surface area contributed by atoms with Crippen LogP contribution in [0, 0.1) is 6.07 Å². The van der Waals surface area contributed by atoms with Gasteiger partial charge in [-0.1, -0.05) is 12.1 Å². The van der Waals surface area contributed by atoms with E-state index in [-0.39, 0.29) is 19.0 Å². The lowest BCUT2D eigenvalue weighted by molar-refractivity contribution is -0.275. The van der Waals surface area contributed by atoms with Crippen molar-refractivity contribution in [1.29, 1.82) is 0 Å². The quantitative estimate of drug-likeness (QED) is 0.733. The van der Waals surface area contributed by atoms with Gasteiger partial charge >= 0.3 is 6.36 Å². The molecule has 0 aliphatic carbocycles. The van der Waals surface area contributed by atoms with E-state index in [0.29, 0.717) is 0 Å². The standard InChI is InChI=1S/C10H10F3O3/c1-14-6-7-15-8-4-2-3-5-9(8)16-10(11,12)13/h2-4H,6-7H2,1H3. The van der Waals surface area contributed by atoms with Crippen LogP contribution in [-0.4, -0.2) is 26.7 Å². The van der Waals surface area contributed by atoms with Gasteiger partial charge in [-0.2, -0.15) is 0 Å². The minimum absolute atomic E-state index is 0.0168. The van der Waals surface area contributed by atoms with Gasteiger partial charge in [0, 0.05) is 13.2 Å². The van der Waals surface area contributed by atoms with Gasteiger partial charge in [-0.15, -0.1) is 13.2 Å². The highest BCUT2D eigenvalue weighted by Crippen LogP contribution is 2.31. The summed E-state index contributed by atoms with van der Waals surface area (Å²) in [5, 5.41) is 0. The van der Waals surface area contributed by atoms with Crippen molar-refractivity contribution in [3.63, 3.8) is 0 Å². The molecule has 0 spiro atoms. The third-order valence-corrected chi connectivity index (χ3v) is 1.54.